The molecular formula is C31H47N7O3. The lowest BCUT2D eigenvalue weighted by molar-refractivity contribution is 0.0963. The molecule has 3 heterocycles. The zero-order valence-electron chi connectivity index (χ0n) is 24.9. The zero-order valence-corrected chi connectivity index (χ0v) is 24.9. The number of amides is 1. The number of ether oxygens (including phenoxy) is 1. The second-order valence-electron chi connectivity index (χ2n) is 12.0. The Bertz CT molecular complexity index is 1180. The van der Waals surface area contributed by atoms with Gasteiger partial charge in [0.05, 0.1) is 18.9 Å². The van der Waals surface area contributed by atoms with E-state index in [1.165, 1.54) is 31.5 Å². The van der Waals surface area contributed by atoms with Crippen LogP contribution in [0, 0.1) is 0 Å². The third-order valence-electron chi connectivity index (χ3n) is 9.24. The lowest BCUT2D eigenvalue weighted by Gasteiger charge is -2.41. The standard InChI is InChI=1S/C31H47N7O3/c1-4-26-30(33-21-5-8-24(39)9-6-21)36-31(28(35-26)29(32)40)34-22-7-10-25(27(19-22)41-3)20-11-17-38(18-12-20)23-13-15-37(2)16-14-23/h7,10,19-21,23-24,39H,4-6,8-9,11-18H2,1-3H3,(H2,32,40)(H2,33,34,36). The summed E-state index contributed by atoms with van der Waals surface area (Å²) in [5, 5.41) is 16.7. The summed E-state index contributed by atoms with van der Waals surface area (Å²) in [6.07, 6.45) is 8.41. The molecule has 1 saturated carbocycles. The third-order valence-corrected chi connectivity index (χ3v) is 9.24. The van der Waals surface area contributed by atoms with Crippen molar-refractivity contribution in [3.05, 3.63) is 35.2 Å². The van der Waals surface area contributed by atoms with Gasteiger partial charge in [-0.2, -0.15) is 0 Å². The van der Waals surface area contributed by atoms with Crippen LogP contribution in [0.4, 0.5) is 17.3 Å². The maximum absolute atomic E-state index is 12.4. The SMILES string of the molecule is CCc1nc(C(N)=O)c(Nc2ccc(C3CCN(C4CCN(C)CC4)CC3)c(OC)c2)nc1NC1CCC(O)CC1. The van der Waals surface area contributed by atoms with Gasteiger partial charge in [0.2, 0.25) is 0 Å². The Morgan fingerprint density at radius 3 is 2.37 bits per heavy atom. The molecule has 3 fully saturated rings. The quantitative estimate of drug-likeness (QED) is 0.358. The molecule has 0 radical (unpaired) electrons. The topological polar surface area (TPSA) is 129 Å². The number of primary amides is 1. The second kappa shape index (κ2) is 13.4. The summed E-state index contributed by atoms with van der Waals surface area (Å²) >= 11 is 0. The number of rotatable bonds is 9. The van der Waals surface area contributed by atoms with Gasteiger partial charge in [0.25, 0.3) is 5.91 Å². The van der Waals surface area contributed by atoms with Crippen LogP contribution in [0.1, 0.15) is 86.0 Å². The van der Waals surface area contributed by atoms with Crippen molar-refractivity contribution in [1.82, 2.24) is 19.8 Å². The van der Waals surface area contributed by atoms with E-state index in [2.05, 4.69) is 38.5 Å². The van der Waals surface area contributed by atoms with Gasteiger partial charge < -0.3 is 36.0 Å². The highest BCUT2D eigenvalue weighted by molar-refractivity contribution is 5.96. The minimum atomic E-state index is -0.623. The average molecular weight is 566 g/mol. The Morgan fingerprint density at radius 2 is 1.73 bits per heavy atom. The molecule has 1 aromatic carbocycles. The molecule has 0 atom stereocenters. The van der Waals surface area contributed by atoms with Crippen LogP contribution in [0.15, 0.2) is 18.2 Å². The number of aliphatic hydroxyl groups is 1. The number of nitrogens with two attached hydrogens (primary N) is 1. The fraction of sp³-hybridized carbons (Fsp3) is 0.645. The van der Waals surface area contributed by atoms with E-state index in [9.17, 15) is 9.90 Å². The van der Waals surface area contributed by atoms with E-state index in [4.69, 9.17) is 15.5 Å². The molecule has 1 amide bonds. The molecule has 2 aliphatic heterocycles. The van der Waals surface area contributed by atoms with Gasteiger partial charge in [-0.15, -0.1) is 0 Å². The summed E-state index contributed by atoms with van der Waals surface area (Å²) in [4.78, 5) is 26.9. The number of benzene rings is 1. The number of piperidine rings is 2. The summed E-state index contributed by atoms with van der Waals surface area (Å²) in [5.74, 6) is 1.65. The van der Waals surface area contributed by atoms with Crippen LogP contribution in [0.5, 0.6) is 5.75 Å². The summed E-state index contributed by atoms with van der Waals surface area (Å²) in [6, 6.07) is 7.06. The van der Waals surface area contributed by atoms with Crippen LogP contribution in [0.25, 0.3) is 0 Å². The van der Waals surface area contributed by atoms with E-state index in [1.54, 1.807) is 7.11 Å². The number of aliphatic hydroxyl groups excluding tert-OH is 1. The smallest absolute Gasteiger partial charge is 0.271 e. The molecule has 2 saturated heterocycles. The van der Waals surface area contributed by atoms with Gasteiger partial charge in [-0.05, 0) is 109 Å². The van der Waals surface area contributed by atoms with E-state index in [-0.39, 0.29) is 17.8 Å². The number of carbonyl (C=O) groups excluding carboxylic acids is 1. The third kappa shape index (κ3) is 7.10. The minimum absolute atomic E-state index is 0.121. The summed E-state index contributed by atoms with van der Waals surface area (Å²) < 4.78 is 5.86. The Hall–Kier alpha value is -2.95. The monoisotopic (exact) mass is 565 g/mol. The Labute approximate surface area is 244 Å². The van der Waals surface area contributed by atoms with Gasteiger partial charge in [0.1, 0.15) is 11.6 Å². The molecule has 1 aromatic heterocycles. The van der Waals surface area contributed by atoms with E-state index in [0.29, 0.717) is 35.7 Å². The molecule has 5 rings (SSSR count). The Kier molecular flexibility index (Phi) is 9.62. The first-order chi connectivity index (χ1) is 19.8. The second-order valence-corrected chi connectivity index (χ2v) is 12.0. The van der Waals surface area contributed by atoms with Gasteiger partial charge in [-0.3, -0.25) is 4.79 Å². The van der Waals surface area contributed by atoms with E-state index in [1.807, 2.05) is 19.1 Å². The number of anilines is 3. The van der Waals surface area contributed by atoms with Crippen LogP contribution < -0.4 is 21.1 Å². The molecular weight excluding hydrogens is 518 g/mol. The first-order valence-corrected chi connectivity index (χ1v) is 15.4. The molecule has 0 bridgehead atoms. The van der Waals surface area contributed by atoms with E-state index in [0.717, 1.165) is 63.1 Å². The van der Waals surface area contributed by atoms with Gasteiger partial charge >= 0.3 is 0 Å². The van der Waals surface area contributed by atoms with Crippen LogP contribution in [0.3, 0.4) is 0 Å². The number of hydrogen-bond donors (Lipinski definition) is 4. The molecule has 0 unspecified atom stereocenters. The van der Waals surface area contributed by atoms with Gasteiger partial charge in [-0.25, -0.2) is 9.97 Å². The van der Waals surface area contributed by atoms with Crippen LogP contribution in [-0.2, 0) is 6.42 Å². The Balaban J connectivity index is 1.30. The van der Waals surface area contributed by atoms with Crippen molar-refractivity contribution in [2.75, 3.05) is 51.0 Å². The zero-order chi connectivity index (χ0) is 28.9. The minimum Gasteiger partial charge on any atom is -0.496 e. The van der Waals surface area contributed by atoms with E-state index >= 15 is 0 Å². The molecule has 3 aliphatic rings. The summed E-state index contributed by atoms with van der Waals surface area (Å²) in [6.45, 7) is 6.62. The van der Waals surface area contributed by atoms with Crippen LogP contribution in [-0.4, -0.2) is 89.3 Å². The van der Waals surface area contributed by atoms with Crippen molar-refractivity contribution >= 4 is 23.2 Å². The molecule has 10 heteroatoms. The number of hydrogen-bond acceptors (Lipinski definition) is 9. The summed E-state index contributed by atoms with van der Waals surface area (Å²) in [7, 11) is 3.93. The maximum atomic E-state index is 12.4. The maximum Gasteiger partial charge on any atom is 0.271 e. The fourth-order valence-electron chi connectivity index (χ4n) is 6.70. The number of aryl methyl sites for hydroxylation is 1. The van der Waals surface area contributed by atoms with Crippen molar-refractivity contribution in [1.29, 1.82) is 0 Å². The normalized spacial score (nSPS) is 23.3. The average Bonchev–Trinajstić information content (AvgIpc) is 2.99. The highest BCUT2D eigenvalue weighted by Crippen LogP contribution is 2.37. The number of nitrogens with one attached hydrogen (secondary N) is 2. The summed E-state index contributed by atoms with van der Waals surface area (Å²) in [5.41, 5.74) is 8.55. The van der Waals surface area contributed by atoms with Crippen molar-refractivity contribution in [2.24, 2.45) is 5.73 Å². The van der Waals surface area contributed by atoms with Crippen LogP contribution in [0.2, 0.25) is 0 Å². The van der Waals surface area contributed by atoms with Crippen molar-refractivity contribution in [3.63, 3.8) is 0 Å². The number of carbonyl (C=O) groups is 1. The molecule has 5 N–H and O–H groups in total. The van der Waals surface area contributed by atoms with Gasteiger partial charge in [0.15, 0.2) is 11.5 Å². The first-order valence-electron chi connectivity index (χ1n) is 15.4. The number of methoxy groups -OCH3 is 1. The molecule has 0 spiro atoms. The number of aromatic nitrogens is 2. The Morgan fingerprint density at radius 1 is 1.02 bits per heavy atom. The molecule has 41 heavy (non-hydrogen) atoms. The highest BCUT2D eigenvalue weighted by Gasteiger charge is 2.29. The van der Waals surface area contributed by atoms with Gasteiger partial charge in [-0.1, -0.05) is 13.0 Å². The van der Waals surface area contributed by atoms with E-state index < -0.39 is 5.91 Å². The first kappa shape index (κ1) is 29.5. The predicted octanol–water partition coefficient (Wildman–Crippen LogP) is 3.88. The lowest BCUT2D eigenvalue weighted by atomic mass is 9.87. The molecule has 1 aliphatic carbocycles. The van der Waals surface area contributed by atoms with Crippen LogP contribution >= 0.6 is 0 Å². The molecule has 10 nitrogen and oxygen atoms in total. The van der Waals surface area contributed by atoms with Crippen molar-refractivity contribution in [2.45, 2.75) is 88.8 Å². The van der Waals surface area contributed by atoms with Crippen molar-refractivity contribution in [3.8, 4) is 5.75 Å². The largest absolute Gasteiger partial charge is 0.496 e. The lowest BCUT2D eigenvalue weighted by Crippen LogP contribution is -2.46. The van der Waals surface area contributed by atoms with Gasteiger partial charge in [0, 0.05) is 23.8 Å². The molecule has 224 valence electrons. The predicted molar refractivity (Wildman–Crippen MR) is 162 cm³/mol. The fourth-order valence-corrected chi connectivity index (χ4v) is 6.70. The highest BCUT2D eigenvalue weighted by atomic mass is 16.5. The number of likely N-dealkylation sites (tertiary alicyclic amines) is 2. The van der Waals surface area contributed by atoms with Crippen molar-refractivity contribution < 1.29 is 14.6 Å². The number of nitrogens with zero attached hydrogens (tertiary/aromatic N) is 4. The molecule has 2 aromatic rings.